The molecule has 20 heavy (non-hydrogen) atoms. The molecule has 5 nitrogen and oxygen atoms in total. The fourth-order valence-electron chi connectivity index (χ4n) is 2.28. The summed E-state index contributed by atoms with van der Waals surface area (Å²) >= 11 is 0. The van der Waals surface area contributed by atoms with Crippen LogP contribution in [-0.2, 0) is 9.53 Å². The van der Waals surface area contributed by atoms with E-state index in [-0.39, 0.29) is 18.6 Å². The lowest BCUT2D eigenvalue weighted by Crippen LogP contribution is -2.42. The van der Waals surface area contributed by atoms with E-state index in [2.05, 4.69) is 0 Å². The molecule has 2 rings (SSSR count). The van der Waals surface area contributed by atoms with Crippen molar-refractivity contribution in [1.82, 2.24) is 4.90 Å². The number of carbonyl (C=O) groups is 2. The Morgan fingerprint density at radius 2 is 2.05 bits per heavy atom. The first-order valence-electron chi connectivity index (χ1n) is 6.72. The second-order valence-electron chi connectivity index (χ2n) is 4.76. The standard InChI is InChI=1S/C15H19NO4/c1-19-13-6-8-16(9-7-13)15(18)11-20-14-5-3-2-4-12(14)10-17/h2-5,10,13H,6-9,11H2,1H3. The normalized spacial score (nSPS) is 15.9. The van der Waals surface area contributed by atoms with Crippen molar-refractivity contribution in [3.8, 4) is 5.75 Å². The number of carbonyl (C=O) groups excluding carboxylic acids is 2. The Hall–Kier alpha value is -1.88. The van der Waals surface area contributed by atoms with Crippen molar-refractivity contribution >= 4 is 12.2 Å². The van der Waals surface area contributed by atoms with Gasteiger partial charge in [0.2, 0.25) is 0 Å². The lowest BCUT2D eigenvalue weighted by molar-refractivity contribution is -0.135. The first-order chi connectivity index (χ1) is 9.74. The largest absolute Gasteiger partial charge is 0.483 e. The molecule has 0 unspecified atom stereocenters. The fourth-order valence-corrected chi connectivity index (χ4v) is 2.28. The number of aldehydes is 1. The molecule has 108 valence electrons. The third-order valence-corrected chi connectivity index (χ3v) is 3.53. The van der Waals surface area contributed by atoms with Gasteiger partial charge in [-0.05, 0) is 25.0 Å². The molecule has 1 heterocycles. The predicted molar refractivity (Wildman–Crippen MR) is 73.9 cm³/mol. The lowest BCUT2D eigenvalue weighted by Gasteiger charge is -2.31. The molecule has 0 aliphatic carbocycles. The Morgan fingerprint density at radius 3 is 2.70 bits per heavy atom. The monoisotopic (exact) mass is 277 g/mol. The SMILES string of the molecule is COC1CCN(C(=O)COc2ccccc2C=O)CC1. The first-order valence-corrected chi connectivity index (χ1v) is 6.72. The lowest BCUT2D eigenvalue weighted by atomic mass is 10.1. The Balaban J connectivity index is 1.85. The highest BCUT2D eigenvalue weighted by atomic mass is 16.5. The Bertz CT molecular complexity index is 467. The zero-order valence-corrected chi connectivity index (χ0v) is 11.6. The van der Waals surface area contributed by atoms with Crippen molar-refractivity contribution in [2.24, 2.45) is 0 Å². The van der Waals surface area contributed by atoms with E-state index in [1.807, 2.05) is 0 Å². The van der Waals surface area contributed by atoms with Crippen molar-refractivity contribution in [3.63, 3.8) is 0 Å². The van der Waals surface area contributed by atoms with E-state index in [1.165, 1.54) is 0 Å². The number of para-hydroxylation sites is 1. The number of hydrogen-bond donors (Lipinski definition) is 0. The minimum absolute atomic E-state index is 0.0392. The van der Waals surface area contributed by atoms with Crippen molar-refractivity contribution in [1.29, 1.82) is 0 Å². The number of likely N-dealkylation sites (tertiary alicyclic amines) is 1. The minimum Gasteiger partial charge on any atom is -0.483 e. The van der Waals surface area contributed by atoms with Crippen LogP contribution in [-0.4, -0.2) is 50.0 Å². The summed E-state index contributed by atoms with van der Waals surface area (Å²) < 4.78 is 10.7. The molecule has 1 aliphatic rings. The van der Waals surface area contributed by atoms with Crippen LogP contribution in [0.1, 0.15) is 23.2 Å². The average molecular weight is 277 g/mol. The number of benzene rings is 1. The van der Waals surface area contributed by atoms with E-state index >= 15 is 0 Å². The van der Waals surface area contributed by atoms with E-state index in [0.29, 0.717) is 24.4 Å². The van der Waals surface area contributed by atoms with E-state index in [0.717, 1.165) is 19.1 Å². The number of nitrogens with zero attached hydrogens (tertiary/aromatic N) is 1. The van der Waals surface area contributed by atoms with Crippen LogP contribution in [0, 0.1) is 0 Å². The topological polar surface area (TPSA) is 55.8 Å². The van der Waals surface area contributed by atoms with Crippen LogP contribution in [0.5, 0.6) is 5.75 Å². The molecule has 0 aromatic heterocycles. The van der Waals surface area contributed by atoms with Crippen LogP contribution in [0.25, 0.3) is 0 Å². The molecular weight excluding hydrogens is 258 g/mol. The van der Waals surface area contributed by atoms with Crippen LogP contribution in [0.15, 0.2) is 24.3 Å². The highest BCUT2D eigenvalue weighted by Gasteiger charge is 2.22. The van der Waals surface area contributed by atoms with Gasteiger partial charge in [-0.3, -0.25) is 9.59 Å². The number of piperidine rings is 1. The Morgan fingerprint density at radius 1 is 1.35 bits per heavy atom. The summed E-state index contributed by atoms with van der Waals surface area (Å²) in [6.07, 6.45) is 2.68. The number of ether oxygens (including phenoxy) is 2. The molecule has 1 saturated heterocycles. The van der Waals surface area contributed by atoms with Gasteiger partial charge in [0.25, 0.3) is 5.91 Å². The maximum Gasteiger partial charge on any atom is 0.260 e. The second kappa shape index (κ2) is 7.05. The van der Waals surface area contributed by atoms with Gasteiger partial charge in [0.15, 0.2) is 12.9 Å². The third kappa shape index (κ3) is 3.57. The average Bonchev–Trinajstić information content (AvgIpc) is 2.53. The van der Waals surface area contributed by atoms with Crippen molar-refractivity contribution in [2.75, 3.05) is 26.8 Å². The van der Waals surface area contributed by atoms with Gasteiger partial charge in [-0.25, -0.2) is 0 Å². The van der Waals surface area contributed by atoms with Crippen LogP contribution >= 0.6 is 0 Å². The predicted octanol–water partition coefficient (Wildman–Crippen LogP) is 1.52. The maximum absolute atomic E-state index is 12.0. The molecule has 0 saturated carbocycles. The number of rotatable bonds is 5. The van der Waals surface area contributed by atoms with Crippen LogP contribution in [0.2, 0.25) is 0 Å². The van der Waals surface area contributed by atoms with Gasteiger partial charge in [0.05, 0.1) is 11.7 Å². The van der Waals surface area contributed by atoms with E-state index < -0.39 is 0 Å². The molecule has 1 fully saturated rings. The molecule has 1 amide bonds. The van der Waals surface area contributed by atoms with Gasteiger partial charge in [-0.1, -0.05) is 12.1 Å². The number of amides is 1. The van der Waals surface area contributed by atoms with Crippen molar-refractivity contribution in [2.45, 2.75) is 18.9 Å². The molecule has 0 atom stereocenters. The Labute approximate surface area is 118 Å². The van der Waals surface area contributed by atoms with Gasteiger partial charge >= 0.3 is 0 Å². The van der Waals surface area contributed by atoms with Crippen LogP contribution in [0.3, 0.4) is 0 Å². The van der Waals surface area contributed by atoms with Gasteiger partial charge in [-0.2, -0.15) is 0 Å². The molecular formula is C15H19NO4. The van der Waals surface area contributed by atoms with E-state index in [9.17, 15) is 9.59 Å². The molecule has 0 radical (unpaired) electrons. The number of methoxy groups -OCH3 is 1. The molecule has 0 spiro atoms. The fraction of sp³-hybridized carbons (Fsp3) is 0.467. The quantitative estimate of drug-likeness (QED) is 0.766. The van der Waals surface area contributed by atoms with E-state index in [4.69, 9.17) is 9.47 Å². The van der Waals surface area contributed by atoms with Crippen molar-refractivity contribution < 1.29 is 19.1 Å². The zero-order valence-electron chi connectivity index (χ0n) is 11.6. The van der Waals surface area contributed by atoms with Gasteiger partial charge < -0.3 is 14.4 Å². The number of hydrogen-bond acceptors (Lipinski definition) is 4. The highest BCUT2D eigenvalue weighted by Crippen LogP contribution is 2.17. The molecule has 1 aromatic carbocycles. The van der Waals surface area contributed by atoms with Crippen LogP contribution < -0.4 is 4.74 Å². The summed E-state index contributed by atoms with van der Waals surface area (Å²) in [5, 5.41) is 0. The molecule has 5 heteroatoms. The summed E-state index contributed by atoms with van der Waals surface area (Å²) in [6.45, 7) is 1.34. The summed E-state index contributed by atoms with van der Waals surface area (Å²) in [6, 6.07) is 6.88. The summed E-state index contributed by atoms with van der Waals surface area (Å²) in [5.74, 6) is 0.392. The third-order valence-electron chi connectivity index (χ3n) is 3.53. The van der Waals surface area contributed by atoms with Gasteiger partial charge in [0.1, 0.15) is 5.75 Å². The molecule has 0 N–H and O–H groups in total. The summed E-state index contributed by atoms with van der Waals surface area (Å²) in [5.41, 5.74) is 0.457. The maximum atomic E-state index is 12.0. The summed E-state index contributed by atoms with van der Waals surface area (Å²) in [4.78, 5) is 24.7. The summed E-state index contributed by atoms with van der Waals surface area (Å²) in [7, 11) is 1.70. The molecule has 0 bridgehead atoms. The molecule has 1 aliphatic heterocycles. The minimum atomic E-state index is -0.0553. The van der Waals surface area contributed by atoms with Crippen molar-refractivity contribution in [3.05, 3.63) is 29.8 Å². The van der Waals surface area contributed by atoms with Gasteiger partial charge in [0, 0.05) is 20.2 Å². The van der Waals surface area contributed by atoms with Gasteiger partial charge in [-0.15, -0.1) is 0 Å². The highest BCUT2D eigenvalue weighted by molar-refractivity contribution is 5.80. The second-order valence-corrected chi connectivity index (χ2v) is 4.76. The zero-order chi connectivity index (χ0) is 14.4. The van der Waals surface area contributed by atoms with E-state index in [1.54, 1.807) is 36.3 Å². The first kappa shape index (κ1) is 14.5. The smallest absolute Gasteiger partial charge is 0.260 e. The van der Waals surface area contributed by atoms with Crippen LogP contribution in [0.4, 0.5) is 0 Å². The Kier molecular flexibility index (Phi) is 5.12. The molecule has 1 aromatic rings.